The number of benzene rings is 2. The lowest BCUT2D eigenvalue weighted by molar-refractivity contribution is -0.123. The Bertz CT molecular complexity index is 1200. The normalized spacial score (nSPS) is 15.1. The number of para-hydroxylation sites is 1. The predicted octanol–water partition coefficient (Wildman–Crippen LogP) is 3.37. The van der Waals surface area contributed by atoms with Crippen molar-refractivity contribution in [1.29, 1.82) is 0 Å². The Labute approximate surface area is 174 Å². The third-order valence-corrected chi connectivity index (χ3v) is 4.76. The van der Waals surface area contributed by atoms with Gasteiger partial charge in [-0.3, -0.25) is 19.4 Å². The fourth-order valence-corrected chi connectivity index (χ4v) is 3.23. The number of carbonyl (C=O) groups excluding carboxylic acids is 2. The Kier molecular flexibility index (Phi) is 5.20. The molecule has 1 aliphatic heterocycles. The van der Waals surface area contributed by atoms with Gasteiger partial charge in [0.1, 0.15) is 11.6 Å². The van der Waals surface area contributed by atoms with E-state index in [4.69, 9.17) is 11.6 Å². The Morgan fingerprint density at radius 2 is 1.87 bits per heavy atom. The summed E-state index contributed by atoms with van der Waals surface area (Å²) in [5.41, 5.74) is -0.0193. The molecule has 0 aliphatic carbocycles. The number of hydrogen-bond acceptors (Lipinski definition) is 5. The molecule has 2 aromatic carbocycles. The summed E-state index contributed by atoms with van der Waals surface area (Å²) in [7, 11) is 0. The average molecular weight is 428 g/mol. The molecule has 0 fully saturated rings. The van der Waals surface area contributed by atoms with E-state index in [0.29, 0.717) is 10.7 Å². The van der Waals surface area contributed by atoms with Gasteiger partial charge < -0.3 is 16.0 Å². The highest BCUT2D eigenvalue weighted by molar-refractivity contribution is 6.30. The van der Waals surface area contributed by atoms with Crippen molar-refractivity contribution in [2.24, 2.45) is 0 Å². The summed E-state index contributed by atoms with van der Waals surface area (Å²) in [6, 6.07) is 12.3. The van der Waals surface area contributed by atoms with Crippen molar-refractivity contribution in [3.63, 3.8) is 0 Å². The van der Waals surface area contributed by atoms with E-state index in [0.717, 1.165) is 0 Å². The fourth-order valence-electron chi connectivity index (χ4n) is 3.11. The van der Waals surface area contributed by atoms with Crippen LogP contribution >= 0.6 is 11.6 Å². The standard InChI is InChI=1S/C20H15ClFN5O3/c21-10-5-7-11(8-6-10)23-20-26-17-16(19(30)27-20)12(9-15(28)25-17)18(29)24-14-4-2-1-3-13(14)22/h1-8,12H,9H2,(H,24,29)(H3,23,25,26,27,28,30). The molecule has 2 heterocycles. The number of rotatable bonds is 4. The lowest BCUT2D eigenvalue weighted by Gasteiger charge is -2.23. The number of nitrogens with one attached hydrogen (secondary N) is 4. The molecular formula is C20H15ClFN5O3. The first-order chi connectivity index (χ1) is 14.4. The molecule has 152 valence electrons. The zero-order valence-electron chi connectivity index (χ0n) is 15.3. The van der Waals surface area contributed by atoms with Crippen LogP contribution in [0.25, 0.3) is 0 Å². The van der Waals surface area contributed by atoms with Crippen LogP contribution in [-0.4, -0.2) is 21.8 Å². The van der Waals surface area contributed by atoms with E-state index in [-0.39, 0.29) is 29.4 Å². The summed E-state index contributed by atoms with van der Waals surface area (Å²) < 4.78 is 13.9. The molecule has 4 N–H and O–H groups in total. The van der Waals surface area contributed by atoms with Crippen LogP contribution < -0.4 is 21.5 Å². The van der Waals surface area contributed by atoms with Crippen molar-refractivity contribution in [3.05, 3.63) is 75.3 Å². The maximum absolute atomic E-state index is 13.9. The van der Waals surface area contributed by atoms with Crippen molar-refractivity contribution < 1.29 is 14.0 Å². The van der Waals surface area contributed by atoms with E-state index in [2.05, 4.69) is 25.9 Å². The third kappa shape index (κ3) is 4.01. The predicted molar refractivity (Wildman–Crippen MR) is 111 cm³/mol. The maximum Gasteiger partial charge on any atom is 0.258 e. The van der Waals surface area contributed by atoms with Crippen LogP contribution in [0.5, 0.6) is 0 Å². The Morgan fingerprint density at radius 1 is 1.13 bits per heavy atom. The molecule has 10 heteroatoms. The molecule has 1 atom stereocenters. The van der Waals surface area contributed by atoms with Gasteiger partial charge in [0.2, 0.25) is 17.8 Å². The van der Waals surface area contributed by atoms with E-state index >= 15 is 0 Å². The van der Waals surface area contributed by atoms with Gasteiger partial charge in [-0.1, -0.05) is 23.7 Å². The van der Waals surface area contributed by atoms with Gasteiger partial charge in [-0.05, 0) is 36.4 Å². The fraction of sp³-hybridized carbons (Fsp3) is 0.100. The van der Waals surface area contributed by atoms with Gasteiger partial charge >= 0.3 is 0 Å². The monoisotopic (exact) mass is 427 g/mol. The summed E-state index contributed by atoms with van der Waals surface area (Å²) in [4.78, 5) is 44.3. The molecule has 1 unspecified atom stereocenters. The van der Waals surface area contributed by atoms with E-state index in [1.54, 1.807) is 30.3 Å². The first kappa shape index (κ1) is 19.6. The molecule has 3 aromatic rings. The van der Waals surface area contributed by atoms with Gasteiger partial charge in [-0.15, -0.1) is 0 Å². The number of aromatic amines is 1. The lowest BCUT2D eigenvalue weighted by Crippen LogP contribution is -2.36. The van der Waals surface area contributed by atoms with Crippen molar-refractivity contribution in [2.75, 3.05) is 16.0 Å². The van der Waals surface area contributed by atoms with Crippen LogP contribution in [0, 0.1) is 5.82 Å². The first-order valence-corrected chi connectivity index (χ1v) is 9.30. The molecular weight excluding hydrogens is 413 g/mol. The van der Waals surface area contributed by atoms with E-state index in [9.17, 15) is 18.8 Å². The maximum atomic E-state index is 13.9. The number of nitrogens with zero attached hydrogens (tertiary/aromatic N) is 1. The molecule has 4 rings (SSSR count). The second-order valence-corrected chi connectivity index (χ2v) is 7.02. The molecule has 0 bridgehead atoms. The quantitative estimate of drug-likeness (QED) is 0.509. The number of amides is 2. The topological polar surface area (TPSA) is 116 Å². The number of aromatic nitrogens is 2. The summed E-state index contributed by atoms with van der Waals surface area (Å²) >= 11 is 5.85. The van der Waals surface area contributed by atoms with Crippen LogP contribution in [0.15, 0.2) is 53.3 Å². The Hall–Kier alpha value is -3.72. The number of anilines is 4. The van der Waals surface area contributed by atoms with Gasteiger partial charge in [0.15, 0.2) is 0 Å². The largest absolute Gasteiger partial charge is 0.326 e. The summed E-state index contributed by atoms with van der Waals surface area (Å²) in [5.74, 6) is -2.85. The molecule has 30 heavy (non-hydrogen) atoms. The SMILES string of the molecule is O=C1CC(C(=O)Nc2ccccc2F)c2c(nc(Nc3ccc(Cl)cc3)[nH]c2=O)N1. The first-order valence-electron chi connectivity index (χ1n) is 8.93. The summed E-state index contributed by atoms with van der Waals surface area (Å²) in [6.07, 6.45) is -0.262. The summed E-state index contributed by atoms with van der Waals surface area (Å²) in [6.45, 7) is 0. The Balaban J connectivity index is 1.64. The number of H-pyrrole nitrogens is 1. The minimum Gasteiger partial charge on any atom is -0.326 e. The highest BCUT2D eigenvalue weighted by Crippen LogP contribution is 2.30. The zero-order chi connectivity index (χ0) is 21.3. The van der Waals surface area contributed by atoms with Crippen LogP contribution in [0.1, 0.15) is 17.9 Å². The molecule has 1 aromatic heterocycles. The van der Waals surface area contributed by atoms with Crippen molar-refractivity contribution in [2.45, 2.75) is 12.3 Å². The number of hydrogen-bond donors (Lipinski definition) is 4. The number of fused-ring (bicyclic) bond motifs is 1. The molecule has 0 radical (unpaired) electrons. The third-order valence-electron chi connectivity index (χ3n) is 4.51. The van der Waals surface area contributed by atoms with Crippen LogP contribution in [0.3, 0.4) is 0 Å². The highest BCUT2D eigenvalue weighted by atomic mass is 35.5. The molecule has 8 nitrogen and oxygen atoms in total. The van der Waals surface area contributed by atoms with Crippen molar-refractivity contribution in [1.82, 2.24) is 9.97 Å². The van der Waals surface area contributed by atoms with Gasteiger partial charge in [0, 0.05) is 17.1 Å². The van der Waals surface area contributed by atoms with Gasteiger partial charge in [0.05, 0.1) is 17.2 Å². The molecule has 0 spiro atoms. The van der Waals surface area contributed by atoms with E-state index in [1.165, 1.54) is 18.2 Å². The minimum atomic E-state index is -1.12. The Morgan fingerprint density at radius 3 is 2.60 bits per heavy atom. The van der Waals surface area contributed by atoms with Crippen LogP contribution in [-0.2, 0) is 9.59 Å². The number of carbonyl (C=O) groups is 2. The second kappa shape index (κ2) is 7.96. The van der Waals surface area contributed by atoms with E-state index < -0.39 is 29.1 Å². The number of halogens is 2. The zero-order valence-corrected chi connectivity index (χ0v) is 16.1. The molecule has 0 saturated carbocycles. The molecule has 2 amide bonds. The molecule has 0 saturated heterocycles. The van der Waals surface area contributed by atoms with Crippen LogP contribution in [0.4, 0.5) is 27.5 Å². The van der Waals surface area contributed by atoms with Crippen molar-refractivity contribution in [3.8, 4) is 0 Å². The van der Waals surface area contributed by atoms with Gasteiger partial charge in [-0.2, -0.15) is 4.98 Å². The average Bonchev–Trinajstić information content (AvgIpc) is 2.70. The lowest BCUT2D eigenvalue weighted by atomic mass is 9.92. The van der Waals surface area contributed by atoms with E-state index in [1.807, 2.05) is 0 Å². The van der Waals surface area contributed by atoms with Gasteiger partial charge in [-0.25, -0.2) is 4.39 Å². The second-order valence-electron chi connectivity index (χ2n) is 6.58. The highest BCUT2D eigenvalue weighted by Gasteiger charge is 2.35. The smallest absolute Gasteiger partial charge is 0.258 e. The van der Waals surface area contributed by atoms with Gasteiger partial charge in [0.25, 0.3) is 5.56 Å². The molecule has 1 aliphatic rings. The summed E-state index contributed by atoms with van der Waals surface area (Å²) in [5, 5.41) is 8.38. The van der Waals surface area contributed by atoms with Crippen molar-refractivity contribution >= 4 is 46.6 Å². The minimum absolute atomic E-state index is 0.00472. The van der Waals surface area contributed by atoms with Crippen LogP contribution in [0.2, 0.25) is 5.02 Å².